The largest absolute Gasteiger partial charge is 0.497 e. The molecule has 1 aromatic carbocycles. The Bertz CT molecular complexity index is 617. The average Bonchev–Trinajstić information content (AvgIpc) is 2.88. The van der Waals surface area contributed by atoms with Crippen LogP contribution in [-0.4, -0.2) is 22.1 Å². The third kappa shape index (κ3) is 3.05. The van der Waals surface area contributed by atoms with Crippen LogP contribution in [0.15, 0.2) is 24.3 Å². The summed E-state index contributed by atoms with van der Waals surface area (Å²) in [6.07, 6.45) is 0. The van der Waals surface area contributed by atoms with Crippen LogP contribution >= 0.6 is 0 Å². The van der Waals surface area contributed by atoms with Gasteiger partial charge in [0, 0.05) is 12.6 Å². The molecule has 0 unspecified atom stereocenters. The Hall–Kier alpha value is -2.59. The summed E-state index contributed by atoms with van der Waals surface area (Å²) in [5.41, 5.74) is 6.93. The van der Waals surface area contributed by atoms with E-state index in [-0.39, 0.29) is 19.7 Å². The van der Waals surface area contributed by atoms with Gasteiger partial charge in [0.1, 0.15) is 36.0 Å². The SMILES string of the molecule is COc1cccc(OCc2c(CN)nnn2CC#N)c1. The molecule has 2 aromatic rings. The summed E-state index contributed by atoms with van der Waals surface area (Å²) in [6, 6.07) is 9.29. The maximum absolute atomic E-state index is 8.75. The quantitative estimate of drug-likeness (QED) is 0.837. The minimum atomic E-state index is 0.115. The second kappa shape index (κ2) is 6.54. The molecule has 2 rings (SSSR count). The minimum absolute atomic E-state index is 0.115. The molecule has 0 aliphatic carbocycles. The first-order valence-electron chi connectivity index (χ1n) is 6.03. The molecular weight excluding hydrogens is 258 g/mol. The molecule has 2 N–H and O–H groups in total. The molecule has 104 valence electrons. The molecule has 7 nitrogen and oxygen atoms in total. The fourth-order valence-corrected chi connectivity index (χ4v) is 1.72. The predicted molar refractivity (Wildman–Crippen MR) is 70.9 cm³/mol. The van der Waals surface area contributed by atoms with Crippen molar-refractivity contribution in [1.29, 1.82) is 5.26 Å². The fourth-order valence-electron chi connectivity index (χ4n) is 1.72. The van der Waals surface area contributed by atoms with Gasteiger partial charge in [-0.2, -0.15) is 5.26 Å². The van der Waals surface area contributed by atoms with Crippen LogP contribution in [0.4, 0.5) is 0 Å². The highest BCUT2D eigenvalue weighted by atomic mass is 16.5. The van der Waals surface area contributed by atoms with E-state index < -0.39 is 0 Å². The van der Waals surface area contributed by atoms with Crippen LogP contribution in [0, 0.1) is 11.3 Å². The highest BCUT2D eigenvalue weighted by molar-refractivity contribution is 5.33. The van der Waals surface area contributed by atoms with Crippen molar-refractivity contribution in [2.24, 2.45) is 5.73 Å². The van der Waals surface area contributed by atoms with Crippen LogP contribution in [0.25, 0.3) is 0 Å². The van der Waals surface area contributed by atoms with Crippen molar-refractivity contribution in [2.75, 3.05) is 7.11 Å². The lowest BCUT2D eigenvalue weighted by atomic mass is 10.3. The average molecular weight is 273 g/mol. The number of ether oxygens (including phenoxy) is 2. The number of hydrogen-bond acceptors (Lipinski definition) is 6. The zero-order valence-electron chi connectivity index (χ0n) is 11.1. The van der Waals surface area contributed by atoms with Crippen molar-refractivity contribution in [3.05, 3.63) is 35.7 Å². The Labute approximate surface area is 116 Å². The maximum atomic E-state index is 8.75. The summed E-state index contributed by atoms with van der Waals surface area (Å²) in [5, 5.41) is 16.6. The molecule has 0 amide bonds. The molecule has 0 aliphatic rings. The van der Waals surface area contributed by atoms with Crippen LogP contribution in [0.5, 0.6) is 11.5 Å². The molecule has 0 bridgehead atoms. The van der Waals surface area contributed by atoms with Crippen molar-refractivity contribution in [2.45, 2.75) is 19.7 Å². The molecule has 1 aromatic heterocycles. The molecule has 0 radical (unpaired) electrons. The second-order valence-electron chi connectivity index (χ2n) is 3.97. The monoisotopic (exact) mass is 273 g/mol. The highest BCUT2D eigenvalue weighted by Crippen LogP contribution is 2.20. The highest BCUT2D eigenvalue weighted by Gasteiger charge is 2.12. The molecular formula is C13H15N5O2. The van der Waals surface area contributed by atoms with Gasteiger partial charge in [-0.25, -0.2) is 4.68 Å². The van der Waals surface area contributed by atoms with E-state index in [0.717, 1.165) is 0 Å². The molecule has 0 saturated carbocycles. The molecule has 1 heterocycles. The number of methoxy groups -OCH3 is 1. The third-order valence-electron chi connectivity index (χ3n) is 2.75. The maximum Gasteiger partial charge on any atom is 0.132 e. The topological polar surface area (TPSA) is 99.0 Å². The standard InChI is InChI=1S/C13H15N5O2/c1-19-10-3-2-4-11(7-10)20-9-13-12(8-15)16-17-18(13)6-5-14/h2-4,7H,6,8-9,15H2,1H3. The van der Waals surface area contributed by atoms with Gasteiger partial charge < -0.3 is 15.2 Å². The number of nitriles is 1. The van der Waals surface area contributed by atoms with E-state index >= 15 is 0 Å². The number of benzene rings is 1. The Morgan fingerprint density at radius 2 is 2.20 bits per heavy atom. The Balaban J connectivity index is 2.13. The Kier molecular flexibility index (Phi) is 4.52. The lowest BCUT2D eigenvalue weighted by Gasteiger charge is -2.09. The second-order valence-corrected chi connectivity index (χ2v) is 3.97. The summed E-state index contributed by atoms with van der Waals surface area (Å²) < 4.78 is 12.3. The number of nitrogens with zero attached hydrogens (tertiary/aromatic N) is 4. The molecule has 7 heteroatoms. The summed E-state index contributed by atoms with van der Waals surface area (Å²) in [4.78, 5) is 0. The van der Waals surface area contributed by atoms with Crippen molar-refractivity contribution in [1.82, 2.24) is 15.0 Å². The van der Waals surface area contributed by atoms with E-state index in [1.54, 1.807) is 13.2 Å². The van der Waals surface area contributed by atoms with Gasteiger partial charge in [0.25, 0.3) is 0 Å². The molecule has 0 saturated heterocycles. The van der Waals surface area contributed by atoms with Gasteiger partial charge in [-0.3, -0.25) is 0 Å². The normalized spacial score (nSPS) is 10.1. The molecule has 0 atom stereocenters. The smallest absolute Gasteiger partial charge is 0.132 e. The van der Waals surface area contributed by atoms with Crippen LogP contribution < -0.4 is 15.2 Å². The van der Waals surface area contributed by atoms with E-state index in [4.69, 9.17) is 20.5 Å². The molecule has 0 spiro atoms. The van der Waals surface area contributed by atoms with Gasteiger partial charge in [-0.15, -0.1) is 5.10 Å². The van der Waals surface area contributed by atoms with Gasteiger partial charge in [-0.05, 0) is 12.1 Å². The van der Waals surface area contributed by atoms with Crippen molar-refractivity contribution in [3.63, 3.8) is 0 Å². The summed E-state index contributed by atoms with van der Waals surface area (Å²) in [5.74, 6) is 1.38. The van der Waals surface area contributed by atoms with Crippen LogP contribution in [0.3, 0.4) is 0 Å². The van der Waals surface area contributed by atoms with Crippen molar-refractivity contribution < 1.29 is 9.47 Å². The number of aromatic nitrogens is 3. The molecule has 20 heavy (non-hydrogen) atoms. The van der Waals surface area contributed by atoms with Crippen LogP contribution in [-0.2, 0) is 19.7 Å². The first-order chi connectivity index (χ1) is 9.78. The van der Waals surface area contributed by atoms with Gasteiger partial charge in [0.15, 0.2) is 0 Å². The lowest BCUT2D eigenvalue weighted by molar-refractivity contribution is 0.290. The summed E-state index contributed by atoms with van der Waals surface area (Å²) in [6.45, 7) is 0.612. The van der Waals surface area contributed by atoms with E-state index in [1.165, 1.54) is 4.68 Å². The number of hydrogen-bond donors (Lipinski definition) is 1. The van der Waals surface area contributed by atoms with E-state index in [1.807, 2.05) is 24.3 Å². The molecule has 0 aliphatic heterocycles. The summed E-state index contributed by atoms with van der Waals surface area (Å²) in [7, 11) is 1.59. The zero-order chi connectivity index (χ0) is 14.4. The van der Waals surface area contributed by atoms with Crippen molar-refractivity contribution >= 4 is 0 Å². The minimum Gasteiger partial charge on any atom is -0.497 e. The first kappa shape index (κ1) is 13.8. The van der Waals surface area contributed by atoms with E-state index in [2.05, 4.69) is 10.3 Å². The van der Waals surface area contributed by atoms with E-state index in [0.29, 0.717) is 22.9 Å². The van der Waals surface area contributed by atoms with Gasteiger partial charge in [0.05, 0.1) is 13.2 Å². The van der Waals surface area contributed by atoms with Crippen molar-refractivity contribution in [3.8, 4) is 17.6 Å². The van der Waals surface area contributed by atoms with Gasteiger partial charge in [0.2, 0.25) is 0 Å². The van der Waals surface area contributed by atoms with Crippen LogP contribution in [0.2, 0.25) is 0 Å². The lowest BCUT2D eigenvalue weighted by Crippen LogP contribution is -2.10. The Morgan fingerprint density at radius 1 is 1.40 bits per heavy atom. The molecule has 0 fully saturated rings. The van der Waals surface area contributed by atoms with Crippen LogP contribution in [0.1, 0.15) is 11.4 Å². The summed E-state index contributed by atoms with van der Waals surface area (Å²) >= 11 is 0. The van der Waals surface area contributed by atoms with Gasteiger partial charge in [-0.1, -0.05) is 11.3 Å². The number of nitrogens with two attached hydrogens (primary N) is 1. The van der Waals surface area contributed by atoms with Gasteiger partial charge >= 0.3 is 0 Å². The van der Waals surface area contributed by atoms with E-state index in [9.17, 15) is 0 Å². The Morgan fingerprint density at radius 3 is 2.90 bits per heavy atom. The third-order valence-corrected chi connectivity index (χ3v) is 2.75. The number of rotatable bonds is 6. The zero-order valence-corrected chi connectivity index (χ0v) is 11.1. The predicted octanol–water partition coefficient (Wildman–Crippen LogP) is 0.848. The first-order valence-corrected chi connectivity index (χ1v) is 6.03. The fraction of sp³-hybridized carbons (Fsp3) is 0.308.